The average Bonchev–Trinajstić information content (AvgIpc) is 2.57. The molecule has 2 aromatic rings. The highest BCUT2D eigenvalue weighted by atomic mass is 35.5. The molecule has 0 fully saturated rings. The minimum Gasteiger partial charge on any atom is -0.492 e. The van der Waals surface area contributed by atoms with E-state index in [1.165, 1.54) is 6.20 Å². The second kappa shape index (κ2) is 8.53. The van der Waals surface area contributed by atoms with Crippen LogP contribution in [-0.2, 0) is 10.0 Å². The molecule has 0 spiro atoms. The van der Waals surface area contributed by atoms with Crippen LogP contribution in [0.4, 0.5) is 0 Å². The van der Waals surface area contributed by atoms with Gasteiger partial charge in [0.2, 0.25) is 15.9 Å². The van der Waals surface area contributed by atoms with E-state index in [-0.39, 0.29) is 13.2 Å². The van der Waals surface area contributed by atoms with Crippen LogP contribution in [0, 0.1) is 6.92 Å². The van der Waals surface area contributed by atoms with Gasteiger partial charge < -0.3 is 9.47 Å². The van der Waals surface area contributed by atoms with Gasteiger partial charge in [-0.05, 0) is 24.6 Å². The number of sulfonamides is 1. The Morgan fingerprint density at radius 3 is 2.72 bits per heavy atom. The Hall–Kier alpha value is -1.80. The summed E-state index contributed by atoms with van der Waals surface area (Å²) in [4.78, 5) is 4.11. The molecule has 0 aliphatic heterocycles. The number of ether oxygens (including phenoxy) is 2. The van der Waals surface area contributed by atoms with E-state index in [1.807, 2.05) is 6.92 Å². The lowest BCUT2D eigenvalue weighted by Crippen LogP contribution is -2.26. The molecule has 1 heterocycles. The standard InChI is InChI=1S/C16H16Cl2N2O4S/c1-3-25(21,22)20-6-7-23-12-4-5-19-16(9-12)24-15-10-14(18)13(17)8-11(15)2/h3-5,8-10,20H,1,6-7H2,2H3. The fraction of sp³-hybridized carbons (Fsp3) is 0.188. The molecule has 9 heteroatoms. The maximum atomic E-state index is 11.2. The van der Waals surface area contributed by atoms with Crippen molar-refractivity contribution in [2.45, 2.75) is 6.92 Å². The van der Waals surface area contributed by atoms with Crippen molar-refractivity contribution in [3.63, 3.8) is 0 Å². The van der Waals surface area contributed by atoms with E-state index < -0.39 is 10.0 Å². The van der Waals surface area contributed by atoms with Crippen LogP contribution in [-0.4, -0.2) is 26.6 Å². The van der Waals surface area contributed by atoms with Gasteiger partial charge in [-0.15, -0.1) is 0 Å². The number of hydrogen-bond acceptors (Lipinski definition) is 5. The highest BCUT2D eigenvalue weighted by Gasteiger charge is 2.08. The van der Waals surface area contributed by atoms with Gasteiger partial charge >= 0.3 is 0 Å². The molecule has 0 saturated carbocycles. The number of halogens is 2. The van der Waals surface area contributed by atoms with Crippen molar-refractivity contribution in [3.05, 3.63) is 58.1 Å². The van der Waals surface area contributed by atoms with Crippen LogP contribution in [0.5, 0.6) is 17.4 Å². The maximum absolute atomic E-state index is 11.2. The number of hydrogen-bond donors (Lipinski definition) is 1. The summed E-state index contributed by atoms with van der Waals surface area (Å²) in [5, 5.41) is 1.66. The summed E-state index contributed by atoms with van der Waals surface area (Å²) in [7, 11) is -3.46. The lowest BCUT2D eigenvalue weighted by Gasteiger charge is -2.11. The molecular formula is C16H16Cl2N2O4S. The number of rotatable bonds is 8. The fourth-order valence-corrected chi connectivity index (χ4v) is 2.66. The van der Waals surface area contributed by atoms with Crippen molar-refractivity contribution in [3.8, 4) is 17.4 Å². The summed E-state index contributed by atoms with van der Waals surface area (Å²) in [6.07, 6.45) is 1.52. The van der Waals surface area contributed by atoms with Crippen LogP contribution in [0.25, 0.3) is 0 Å². The zero-order valence-electron chi connectivity index (χ0n) is 13.3. The molecule has 1 aromatic heterocycles. The number of aromatic nitrogens is 1. The molecule has 0 unspecified atom stereocenters. The van der Waals surface area contributed by atoms with Crippen molar-refractivity contribution in [1.29, 1.82) is 0 Å². The number of nitrogens with zero attached hydrogens (tertiary/aromatic N) is 1. The summed E-state index contributed by atoms with van der Waals surface area (Å²) >= 11 is 11.9. The van der Waals surface area contributed by atoms with Crippen molar-refractivity contribution in [2.75, 3.05) is 13.2 Å². The number of pyridine rings is 1. The second-order valence-electron chi connectivity index (χ2n) is 4.92. The monoisotopic (exact) mass is 402 g/mol. The first-order valence-corrected chi connectivity index (χ1v) is 9.45. The molecule has 0 aliphatic carbocycles. The first kappa shape index (κ1) is 19.5. The lowest BCUT2D eigenvalue weighted by atomic mass is 10.2. The van der Waals surface area contributed by atoms with Crippen LogP contribution in [0.2, 0.25) is 10.0 Å². The van der Waals surface area contributed by atoms with Crippen molar-refractivity contribution in [2.24, 2.45) is 0 Å². The molecule has 0 amide bonds. The summed E-state index contributed by atoms with van der Waals surface area (Å²) in [5.74, 6) is 1.32. The van der Waals surface area contributed by atoms with Gasteiger partial charge in [-0.1, -0.05) is 29.8 Å². The molecule has 25 heavy (non-hydrogen) atoms. The van der Waals surface area contributed by atoms with Gasteiger partial charge in [0.25, 0.3) is 0 Å². The van der Waals surface area contributed by atoms with Crippen LogP contribution in [0.1, 0.15) is 5.56 Å². The number of aryl methyl sites for hydroxylation is 1. The molecule has 0 bridgehead atoms. The van der Waals surface area contributed by atoms with Gasteiger partial charge in [0.05, 0.1) is 10.0 Å². The minimum absolute atomic E-state index is 0.110. The van der Waals surface area contributed by atoms with E-state index in [9.17, 15) is 8.42 Å². The Kier molecular flexibility index (Phi) is 6.66. The molecule has 2 rings (SSSR count). The largest absolute Gasteiger partial charge is 0.492 e. The quantitative estimate of drug-likeness (QED) is 0.676. The van der Waals surface area contributed by atoms with E-state index in [1.54, 1.807) is 24.3 Å². The SMILES string of the molecule is C=CS(=O)(=O)NCCOc1ccnc(Oc2cc(Cl)c(Cl)cc2C)c1. The van der Waals surface area contributed by atoms with Gasteiger partial charge in [0, 0.05) is 30.3 Å². The third-order valence-corrected chi connectivity index (χ3v) is 4.80. The highest BCUT2D eigenvalue weighted by Crippen LogP contribution is 2.33. The summed E-state index contributed by atoms with van der Waals surface area (Å²) in [6.45, 7) is 5.29. The van der Waals surface area contributed by atoms with Crippen LogP contribution < -0.4 is 14.2 Å². The van der Waals surface area contributed by atoms with Gasteiger partial charge in [-0.2, -0.15) is 0 Å². The predicted octanol–water partition coefficient (Wildman–Crippen LogP) is 3.93. The van der Waals surface area contributed by atoms with E-state index in [2.05, 4.69) is 16.3 Å². The maximum Gasteiger partial charge on any atom is 0.233 e. The molecule has 1 aromatic carbocycles. The lowest BCUT2D eigenvalue weighted by molar-refractivity contribution is 0.320. The molecule has 0 atom stereocenters. The Morgan fingerprint density at radius 1 is 1.28 bits per heavy atom. The summed E-state index contributed by atoms with van der Waals surface area (Å²) in [6, 6.07) is 6.53. The first-order chi connectivity index (χ1) is 11.8. The van der Waals surface area contributed by atoms with E-state index >= 15 is 0 Å². The zero-order valence-corrected chi connectivity index (χ0v) is 15.7. The predicted molar refractivity (Wildman–Crippen MR) is 98.1 cm³/mol. The van der Waals surface area contributed by atoms with Crippen molar-refractivity contribution < 1.29 is 17.9 Å². The Labute approximate surface area is 156 Å². The molecule has 0 radical (unpaired) electrons. The Bertz CT molecular complexity index is 872. The van der Waals surface area contributed by atoms with Gasteiger partial charge in [0.1, 0.15) is 18.1 Å². The van der Waals surface area contributed by atoms with Gasteiger partial charge in [-0.3, -0.25) is 0 Å². The molecule has 0 aliphatic rings. The van der Waals surface area contributed by atoms with Gasteiger partial charge in [-0.25, -0.2) is 18.1 Å². The topological polar surface area (TPSA) is 77.5 Å². The summed E-state index contributed by atoms with van der Waals surface area (Å²) < 4.78 is 35.9. The van der Waals surface area contributed by atoms with E-state index in [4.69, 9.17) is 32.7 Å². The summed E-state index contributed by atoms with van der Waals surface area (Å²) in [5.41, 5.74) is 0.807. The van der Waals surface area contributed by atoms with E-state index in [0.29, 0.717) is 27.4 Å². The molecule has 134 valence electrons. The first-order valence-electron chi connectivity index (χ1n) is 7.15. The van der Waals surface area contributed by atoms with Crippen molar-refractivity contribution >= 4 is 33.2 Å². The van der Waals surface area contributed by atoms with Crippen LogP contribution in [0.15, 0.2) is 42.4 Å². The smallest absolute Gasteiger partial charge is 0.233 e. The molecule has 1 N–H and O–H groups in total. The average molecular weight is 403 g/mol. The van der Waals surface area contributed by atoms with E-state index in [0.717, 1.165) is 11.0 Å². The zero-order chi connectivity index (χ0) is 18.4. The molecule has 6 nitrogen and oxygen atoms in total. The van der Waals surface area contributed by atoms with Crippen molar-refractivity contribution in [1.82, 2.24) is 9.71 Å². The van der Waals surface area contributed by atoms with Gasteiger partial charge in [0.15, 0.2) is 0 Å². The Balaban J connectivity index is 1.99. The van der Waals surface area contributed by atoms with Crippen LogP contribution in [0.3, 0.4) is 0 Å². The Morgan fingerprint density at radius 2 is 2.00 bits per heavy atom. The normalized spacial score (nSPS) is 11.2. The third-order valence-electron chi connectivity index (χ3n) is 3.03. The molecule has 0 saturated heterocycles. The molecular weight excluding hydrogens is 387 g/mol. The second-order valence-corrected chi connectivity index (χ2v) is 7.44. The van der Waals surface area contributed by atoms with Crippen LogP contribution >= 0.6 is 23.2 Å². The third kappa shape index (κ3) is 5.89. The highest BCUT2D eigenvalue weighted by molar-refractivity contribution is 7.92. The minimum atomic E-state index is -3.46. The number of benzene rings is 1. The number of nitrogens with one attached hydrogen (secondary N) is 1. The fourth-order valence-electron chi connectivity index (χ4n) is 1.80.